The zero-order chi connectivity index (χ0) is 8.20. The molecule has 0 saturated heterocycles. The first-order valence-electron chi connectivity index (χ1n) is 2.39. The van der Waals surface area contributed by atoms with Crippen molar-refractivity contribution in [3.05, 3.63) is 0 Å². The topological polar surface area (TPSA) is 66.8 Å². The summed E-state index contributed by atoms with van der Waals surface area (Å²) >= 11 is 10.5. The summed E-state index contributed by atoms with van der Waals surface area (Å²) in [6.07, 6.45) is 0.203. The Hall–Kier alpha value is 0.690. The van der Waals surface area contributed by atoms with Crippen molar-refractivity contribution < 1.29 is 18.9 Å². The molecular weight excluding hydrogens is 202 g/mol. The summed E-state index contributed by atoms with van der Waals surface area (Å²) in [5.41, 5.74) is -1.02. The number of alkyl halides is 2. The van der Waals surface area contributed by atoms with Crippen molar-refractivity contribution in [2.75, 3.05) is 5.88 Å². The third kappa shape index (κ3) is 6.81. The lowest BCUT2D eigenvalue weighted by Crippen LogP contribution is -2.03. The van der Waals surface area contributed by atoms with E-state index in [1.165, 1.54) is 0 Å². The predicted molar refractivity (Wildman–Crippen MR) is 38.1 cm³/mol. The zero-order valence-corrected chi connectivity index (χ0v) is 7.31. The van der Waals surface area contributed by atoms with Crippen LogP contribution in [0.15, 0.2) is 0 Å². The number of hydrogen-bond donors (Lipinski definition) is 2. The molecule has 4 nitrogen and oxygen atoms in total. The lowest BCUT2D eigenvalue weighted by atomic mass is 10.5. The molecule has 0 radical (unpaired) electrons. The van der Waals surface area contributed by atoms with Gasteiger partial charge in [0.15, 0.2) is 0 Å². The van der Waals surface area contributed by atoms with Gasteiger partial charge >= 0.3 is 7.82 Å². The Morgan fingerprint density at radius 3 is 2.40 bits per heavy atom. The van der Waals surface area contributed by atoms with Gasteiger partial charge in [-0.05, 0) is 0 Å². The average Bonchev–Trinajstić information content (AvgIpc) is 1.59. The highest BCUT2D eigenvalue weighted by atomic mass is 35.5. The van der Waals surface area contributed by atoms with Gasteiger partial charge in [0.05, 0.1) is 0 Å². The second kappa shape index (κ2) is 4.54. The maximum atomic E-state index is 10.1. The molecule has 0 aliphatic rings. The van der Waals surface area contributed by atoms with E-state index in [9.17, 15) is 4.57 Å². The van der Waals surface area contributed by atoms with Gasteiger partial charge in [0, 0.05) is 12.3 Å². The molecule has 0 bridgehead atoms. The Balaban J connectivity index is 3.58. The second-order valence-electron chi connectivity index (χ2n) is 1.48. The fraction of sp³-hybridized carbons (Fsp3) is 1.00. The number of halogens is 2. The van der Waals surface area contributed by atoms with Gasteiger partial charge in [0.2, 0.25) is 0 Å². The van der Waals surface area contributed by atoms with Crippen LogP contribution < -0.4 is 0 Å². The van der Waals surface area contributed by atoms with Gasteiger partial charge < -0.3 is 9.79 Å². The van der Waals surface area contributed by atoms with Gasteiger partial charge in [-0.25, -0.2) is 4.57 Å². The van der Waals surface area contributed by atoms with Crippen molar-refractivity contribution in [1.82, 2.24) is 0 Å². The van der Waals surface area contributed by atoms with Gasteiger partial charge in [0.25, 0.3) is 0 Å². The van der Waals surface area contributed by atoms with E-state index >= 15 is 0 Å². The molecule has 0 spiro atoms. The molecule has 0 heterocycles. The van der Waals surface area contributed by atoms with E-state index in [1.807, 2.05) is 0 Å². The Labute approximate surface area is 68.3 Å². The third-order valence-electron chi connectivity index (χ3n) is 0.588. The molecule has 1 unspecified atom stereocenters. The largest absolute Gasteiger partial charge is 0.471 e. The molecule has 0 aliphatic heterocycles. The molecule has 10 heavy (non-hydrogen) atoms. The third-order valence-corrected chi connectivity index (χ3v) is 1.77. The normalized spacial score (nSPS) is 15.2. The highest BCUT2D eigenvalue weighted by Gasteiger charge is 2.19. The summed E-state index contributed by atoms with van der Waals surface area (Å²) in [6.45, 7) is 0. The van der Waals surface area contributed by atoms with Crippen LogP contribution in [0.5, 0.6) is 0 Å². The maximum Gasteiger partial charge on any atom is 0.471 e. The molecule has 0 amide bonds. The molecule has 0 fully saturated rings. The predicted octanol–water partition coefficient (Wildman–Crippen LogP) is 1.29. The Kier molecular flexibility index (Phi) is 4.86. The highest BCUT2D eigenvalue weighted by molar-refractivity contribution is 7.46. The first-order chi connectivity index (χ1) is 4.45. The van der Waals surface area contributed by atoms with Gasteiger partial charge in [-0.15, -0.1) is 11.6 Å². The summed E-state index contributed by atoms with van der Waals surface area (Å²) in [5, 5.41) is 0. The van der Waals surface area contributed by atoms with Crippen LogP contribution in [0, 0.1) is 0 Å². The molecule has 62 valence electrons. The van der Waals surface area contributed by atoms with Crippen LogP contribution in [-0.4, -0.2) is 21.2 Å². The molecular formula is C3H7Cl2O4P. The molecule has 0 aliphatic carbocycles. The molecule has 7 heteroatoms. The standard InChI is InChI=1S/C3H7Cl2O4P/c4-2-1-3(5)9-10(6,7)8/h3H,1-2H2,(H2,6,7,8). The van der Waals surface area contributed by atoms with Crippen LogP contribution in [0.3, 0.4) is 0 Å². The molecule has 1 atom stereocenters. The van der Waals surface area contributed by atoms with Crippen molar-refractivity contribution in [3.63, 3.8) is 0 Å². The van der Waals surface area contributed by atoms with Gasteiger partial charge in [0.1, 0.15) is 5.56 Å². The SMILES string of the molecule is O=P(O)(O)OC(Cl)CCCl. The zero-order valence-electron chi connectivity index (χ0n) is 4.91. The van der Waals surface area contributed by atoms with E-state index in [-0.39, 0.29) is 12.3 Å². The summed E-state index contributed by atoms with van der Waals surface area (Å²) in [6, 6.07) is 0. The van der Waals surface area contributed by atoms with Gasteiger partial charge in [-0.1, -0.05) is 11.6 Å². The van der Waals surface area contributed by atoms with E-state index in [4.69, 9.17) is 33.0 Å². The molecule has 0 rings (SSSR count). The first kappa shape index (κ1) is 10.7. The molecule has 0 aromatic heterocycles. The lowest BCUT2D eigenvalue weighted by molar-refractivity contribution is 0.177. The molecule has 0 aromatic carbocycles. The van der Waals surface area contributed by atoms with Gasteiger partial charge in [-0.3, -0.25) is 4.52 Å². The van der Waals surface area contributed by atoms with Crippen LogP contribution in [0.4, 0.5) is 0 Å². The molecule has 2 N–H and O–H groups in total. The Morgan fingerprint density at radius 1 is 1.60 bits per heavy atom. The minimum absolute atomic E-state index is 0.203. The Morgan fingerprint density at radius 2 is 2.10 bits per heavy atom. The van der Waals surface area contributed by atoms with Crippen LogP contribution in [0.2, 0.25) is 0 Å². The van der Waals surface area contributed by atoms with E-state index in [1.54, 1.807) is 0 Å². The van der Waals surface area contributed by atoms with E-state index in [0.29, 0.717) is 0 Å². The average molecular weight is 209 g/mol. The van der Waals surface area contributed by atoms with E-state index in [2.05, 4.69) is 4.52 Å². The minimum atomic E-state index is -4.44. The van der Waals surface area contributed by atoms with Crippen LogP contribution in [0.1, 0.15) is 6.42 Å². The van der Waals surface area contributed by atoms with Crippen molar-refractivity contribution in [2.24, 2.45) is 0 Å². The van der Waals surface area contributed by atoms with Crippen LogP contribution >= 0.6 is 31.0 Å². The number of phosphoric ester groups is 1. The van der Waals surface area contributed by atoms with E-state index in [0.717, 1.165) is 0 Å². The fourth-order valence-electron chi connectivity index (χ4n) is 0.287. The van der Waals surface area contributed by atoms with Crippen molar-refractivity contribution in [2.45, 2.75) is 12.0 Å². The summed E-state index contributed by atoms with van der Waals surface area (Å²) in [5.74, 6) is 0.203. The maximum absolute atomic E-state index is 10.1. The smallest absolute Gasteiger partial charge is 0.303 e. The summed E-state index contributed by atoms with van der Waals surface area (Å²) < 4.78 is 14.1. The first-order valence-corrected chi connectivity index (χ1v) is 4.90. The minimum Gasteiger partial charge on any atom is -0.303 e. The Bertz CT molecular complexity index is 134. The van der Waals surface area contributed by atoms with Crippen LogP contribution in [-0.2, 0) is 9.09 Å². The molecule has 0 saturated carbocycles. The number of phosphoric acid groups is 1. The summed E-state index contributed by atoms with van der Waals surface area (Å²) in [7, 11) is -4.44. The van der Waals surface area contributed by atoms with Crippen LogP contribution in [0.25, 0.3) is 0 Å². The van der Waals surface area contributed by atoms with Crippen molar-refractivity contribution >= 4 is 31.0 Å². The number of rotatable bonds is 4. The monoisotopic (exact) mass is 208 g/mol. The number of hydrogen-bond acceptors (Lipinski definition) is 2. The van der Waals surface area contributed by atoms with Crippen molar-refractivity contribution in [1.29, 1.82) is 0 Å². The van der Waals surface area contributed by atoms with E-state index < -0.39 is 13.4 Å². The fourth-order valence-corrected chi connectivity index (χ4v) is 1.42. The highest BCUT2D eigenvalue weighted by Crippen LogP contribution is 2.39. The van der Waals surface area contributed by atoms with Crippen molar-refractivity contribution in [3.8, 4) is 0 Å². The quantitative estimate of drug-likeness (QED) is 0.540. The summed E-state index contributed by atoms with van der Waals surface area (Å²) in [4.78, 5) is 16.4. The lowest BCUT2D eigenvalue weighted by Gasteiger charge is -2.08. The van der Waals surface area contributed by atoms with Gasteiger partial charge in [-0.2, -0.15) is 0 Å². The second-order valence-corrected chi connectivity index (χ2v) is 3.54. The molecule has 0 aromatic rings.